The van der Waals surface area contributed by atoms with E-state index in [9.17, 15) is 8.42 Å². The highest BCUT2D eigenvalue weighted by Crippen LogP contribution is 2.22. The zero-order valence-electron chi connectivity index (χ0n) is 13.8. The van der Waals surface area contributed by atoms with Crippen molar-refractivity contribution in [2.75, 3.05) is 36.8 Å². The molecule has 0 radical (unpaired) electrons. The lowest BCUT2D eigenvalue weighted by Gasteiger charge is -2.34. The Hall–Kier alpha value is -1.60. The van der Waals surface area contributed by atoms with Crippen LogP contribution in [0.4, 0.5) is 5.95 Å². The molecule has 0 bridgehead atoms. The molecule has 3 rings (SSSR count). The molecule has 0 saturated carbocycles. The quantitative estimate of drug-likeness (QED) is 0.836. The maximum atomic E-state index is 12.3. The van der Waals surface area contributed by atoms with E-state index in [1.165, 1.54) is 0 Å². The molecule has 6 nitrogen and oxygen atoms in total. The molecule has 1 fully saturated rings. The summed E-state index contributed by atoms with van der Waals surface area (Å²) in [5.41, 5.74) is 2.07. The van der Waals surface area contributed by atoms with Crippen molar-refractivity contribution < 1.29 is 8.42 Å². The summed E-state index contributed by atoms with van der Waals surface area (Å²) in [5.74, 6) is 1.17. The minimum Gasteiger partial charge on any atom is -0.340 e. The van der Waals surface area contributed by atoms with Gasteiger partial charge in [0.05, 0.1) is 16.8 Å². The number of nitrogens with zero attached hydrogens (tertiary/aromatic N) is 4. The van der Waals surface area contributed by atoms with Crippen LogP contribution in [0.2, 0.25) is 0 Å². The highest BCUT2D eigenvalue weighted by atomic mass is 32.2. The third kappa shape index (κ3) is 3.21. The maximum absolute atomic E-state index is 12.3. The van der Waals surface area contributed by atoms with Gasteiger partial charge in [0.25, 0.3) is 0 Å². The molecule has 2 aromatic rings. The first kappa shape index (κ1) is 16.3. The highest BCUT2D eigenvalue weighted by Gasteiger charge is 2.28. The molecule has 1 aliphatic heterocycles. The van der Waals surface area contributed by atoms with Gasteiger partial charge in [0.1, 0.15) is 0 Å². The third-order valence-corrected chi connectivity index (χ3v) is 6.39. The summed E-state index contributed by atoms with van der Waals surface area (Å²) < 4.78 is 28.3. The SMILES string of the molecule is CCCCS(=O)(=O)N1CCN(c2nc3ccccc3n2C)CC1. The van der Waals surface area contributed by atoms with Gasteiger partial charge in [-0.3, -0.25) is 0 Å². The van der Waals surface area contributed by atoms with Crippen LogP contribution in [0.3, 0.4) is 0 Å². The number of fused-ring (bicyclic) bond motifs is 1. The van der Waals surface area contributed by atoms with Crippen molar-refractivity contribution in [3.8, 4) is 0 Å². The van der Waals surface area contributed by atoms with Crippen molar-refractivity contribution in [1.29, 1.82) is 0 Å². The van der Waals surface area contributed by atoms with Gasteiger partial charge >= 0.3 is 0 Å². The number of para-hydroxylation sites is 2. The van der Waals surface area contributed by atoms with Crippen molar-refractivity contribution in [2.24, 2.45) is 7.05 Å². The van der Waals surface area contributed by atoms with Crippen LogP contribution in [-0.4, -0.2) is 54.2 Å². The summed E-state index contributed by atoms with van der Waals surface area (Å²) in [7, 11) is -1.10. The van der Waals surface area contributed by atoms with Crippen LogP contribution in [0.25, 0.3) is 11.0 Å². The van der Waals surface area contributed by atoms with Gasteiger partial charge in [-0.2, -0.15) is 4.31 Å². The normalized spacial score (nSPS) is 17.0. The Kier molecular flexibility index (Phi) is 4.59. The largest absolute Gasteiger partial charge is 0.340 e. The topological polar surface area (TPSA) is 58.4 Å². The fraction of sp³-hybridized carbons (Fsp3) is 0.562. The van der Waals surface area contributed by atoms with Gasteiger partial charge < -0.3 is 9.47 Å². The second-order valence-corrected chi connectivity index (χ2v) is 8.10. The van der Waals surface area contributed by atoms with Gasteiger partial charge in [-0.15, -0.1) is 0 Å². The van der Waals surface area contributed by atoms with E-state index in [2.05, 4.69) is 15.5 Å². The van der Waals surface area contributed by atoms with Crippen molar-refractivity contribution in [2.45, 2.75) is 19.8 Å². The molecule has 0 unspecified atom stereocenters. The van der Waals surface area contributed by atoms with Gasteiger partial charge in [-0.05, 0) is 18.6 Å². The Balaban J connectivity index is 1.72. The standard InChI is InChI=1S/C16H24N4O2S/c1-3-4-13-23(21,22)20-11-9-19(10-12-20)16-17-14-7-5-6-8-15(14)18(16)2/h5-8H,3-4,9-13H2,1-2H3. The minimum atomic E-state index is -3.11. The second-order valence-electron chi connectivity index (χ2n) is 6.02. The summed E-state index contributed by atoms with van der Waals surface area (Å²) in [4.78, 5) is 6.87. The number of benzene rings is 1. The van der Waals surface area contributed by atoms with Crippen LogP contribution in [0, 0.1) is 0 Å². The minimum absolute atomic E-state index is 0.260. The Morgan fingerprint density at radius 2 is 1.83 bits per heavy atom. The van der Waals surface area contributed by atoms with E-state index in [0.717, 1.165) is 29.8 Å². The summed E-state index contributed by atoms with van der Waals surface area (Å²) in [6.45, 7) is 4.45. The lowest BCUT2D eigenvalue weighted by Crippen LogP contribution is -2.49. The van der Waals surface area contributed by atoms with Crippen molar-refractivity contribution in [1.82, 2.24) is 13.9 Å². The van der Waals surface area contributed by atoms with E-state index in [4.69, 9.17) is 4.98 Å². The molecule has 2 heterocycles. The molecule has 0 spiro atoms. The van der Waals surface area contributed by atoms with Gasteiger partial charge in [-0.25, -0.2) is 13.4 Å². The van der Waals surface area contributed by atoms with Crippen molar-refractivity contribution >= 4 is 27.0 Å². The monoisotopic (exact) mass is 336 g/mol. The third-order valence-electron chi connectivity index (χ3n) is 4.43. The van der Waals surface area contributed by atoms with E-state index in [1.54, 1.807) is 4.31 Å². The Labute approximate surface area is 137 Å². The van der Waals surface area contributed by atoms with Gasteiger partial charge in [0.15, 0.2) is 0 Å². The molecule has 0 aliphatic carbocycles. The Bertz CT molecular complexity index is 776. The zero-order chi connectivity index (χ0) is 16.4. The van der Waals surface area contributed by atoms with E-state index in [0.29, 0.717) is 26.2 Å². The zero-order valence-corrected chi connectivity index (χ0v) is 14.6. The number of aromatic nitrogens is 2. The fourth-order valence-corrected chi connectivity index (χ4v) is 4.67. The van der Waals surface area contributed by atoms with Crippen LogP contribution in [0.15, 0.2) is 24.3 Å². The van der Waals surface area contributed by atoms with E-state index in [-0.39, 0.29) is 5.75 Å². The molecule has 23 heavy (non-hydrogen) atoms. The highest BCUT2D eigenvalue weighted by molar-refractivity contribution is 7.89. The van der Waals surface area contributed by atoms with Gasteiger partial charge in [0.2, 0.25) is 16.0 Å². The fourth-order valence-electron chi connectivity index (χ4n) is 3.04. The Morgan fingerprint density at radius 1 is 1.13 bits per heavy atom. The number of sulfonamides is 1. The molecular weight excluding hydrogens is 312 g/mol. The number of hydrogen-bond acceptors (Lipinski definition) is 4. The number of piperazine rings is 1. The number of anilines is 1. The van der Waals surface area contributed by atoms with E-state index in [1.807, 2.05) is 32.2 Å². The van der Waals surface area contributed by atoms with Gasteiger partial charge in [0, 0.05) is 33.2 Å². The molecule has 0 amide bonds. The van der Waals surface area contributed by atoms with Crippen LogP contribution in [0.1, 0.15) is 19.8 Å². The lowest BCUT2D eigenvalue weighted by molar-refractivity contribution is 0.381. The number of rotatable bonds is 5. The summed E-state index contributed by atoms with van der Waals surface area (Å²) in [6, 6.07) is 8.05. The number of imidazole rings is 1. The average molecular weight is 336 g/mol. The van der Waals surface area contributed by atoms with Crippen LogP contribution < -0.4 is 4.90 Å². The molecule has 0 atom stereocenters. The predicted molar refractivity (Wildman–Crippen MR) is 93.2 cm³/mol. The first-order valence-electron chi connectivity index (χ1n) is 8.17. The summed E-state index contributed by atoms with van der Waals surface area (Å²) >= 11 is 0. The molecule has 126 valence electrons. The van der Waals surface area contributed by atoms with Crippen molar-refractivity contribution in [3.63, 3.8) is 0 Å². The van der Waals surface area contributed by atoms with E-state index < -0.39 is 10.0 Å². The Morgan fingerprint density at radius 3 is 2.48 bits per heavy atom. The molecule has 0 N–H and O–H groups in total. The van der Waals surface area contributed by atoms with Crippen molar-refractivity contribution in [3.05, 3.63) is 24.3 Å². The first-order valence-corrected chi connectivity index (χ1v) is 9.78. The average Bonchev–Trinajstić information content (AvgIpc) is 2.90. The van der Waals surface area contributed by atoms with Crippen LogP contribution in [-0.2, 0) is 17.1 Å². The molecule has 7 heteroatoms. The number of unbranched alkanes of at least 4 members (excludes halogenated alkanes) is 1. The lowest BCUT2D eigenvalue weighted by atomic mass is 10.3. The van der Waals surface area contributed by atoms with Crippen LogP contribution in [0.5, 0.6) is 0 Å². The molecule has 1 aromatic carbocycles. The van der Waals surface area contributed by atoms with Gasteiger partial charge in [-0.1, -0.05) is 25.5 Å². The second kappa shape index (κ2) is 6.49. The number of hydrogen-bond donors (Lipinski definition) is 0. The molecule has 1 aromatic heterocycles. The smallest absolute Gasteiger partial charge is 0.214 e. The first-order chi connectivity index (χ1) is 11.0. The summed E-state index contributed by atoms with van der Waals surface area (Å²) in [6.07, 6.45) is 1.63. The molecular formula is C16H24N4O2S. The van der Waals surface area contributed by atoms with E-state index >= 15 is 0 Å². The summed E-state index contributed by atoms with van der Waals surface area (Å²) in [5, 5.41) is 0. The molecule has 1 aliphatic rings. The maximum Gasteiger partial charge on any atom is 0.214 e. The molecule has 1 saturated heterocycles. The van der Waals surface area contributed by atoms with Crippen LogP contribution >= 0.6 is 0 Å². The number of aryl methyl sites for hydroxylation is 1. The predicted octanol–water partition coefficient (Wildman–Crippen LogP) is 1.83.